The molecule has 1 heterocycles. The monoisotopic (exact) mass is 495 g/mol. The van der Waals surface area contributed by atoms with Crippen LogP contribution >= 0.6 is 11.8 Å². The summed E-state index contributed by atoms with van der Waals surface area (Å²) in [6, 6.07) is 13.7. The zero-order valence-electron chi connectivity index (χ0n) is 20.4. The maximum absolute atomic E-state index is 12.8. The summed E-state index contributed by atoms with van der Waals surface area (Å²) in [6.45, 7) is 5.93. The van der Waals surface area contributed by atoms with Crippen LogP contribution in [0.25, 0.3) is 0 Å². The van der Waals surface area contributed by atoms with E-state index in [4.69, 9.17) is 4.74 Å². The predicted octanol–water partition coefficient (Wildman–Crippen LogP) is 3.77. The molecule has 0 spiro atoms. The molecule has 9 nitrogen and oxygen atoms in total. The molecule has 0 bridgehead atoms. The van der Waals surface area contributed by atoms with E-state index in [0.717, 1.165) is 5.56 Å². The van der Waals surface area contributed by atoms with Crippen molar-refractivity contribution in [2.24, 2.45) is 13.0 Å². The number of rotatable bonds is 9. The Morgan fingerprint density at radius 1 is 1.09 bits per heavy atom. The fraction of sp³-hybridized carbons (Fsp3) is 0.320. The third-order valence-electron chi connectivity index (χ3n) is 5.32. The smallest absolute Gasteiger partial charge is 0.339 e. The molecule has 1 aromatic heterocycles. The maximum atomic E-state index is 12.8. The zero-order chi connectivity index (χ0) is 25.5. The summed E-state index contributed by atoms with van der Waals surface area (Å²) in [6.07, 6.45) is 0. The summed E-state index contributed by atoms with van der Waals surface area (Å²) < 4.78 is 6.54. The second-order valence-electron chi connectivity index (χ2n) is 8.34. The molecular weight excluding hydrogens is 466 g/mol. The van der Waals surface area contributed by atoms with Crippen LogP contribution in [0.4, 0.5) is 5.69 Å². The van der Waals surface area contributed by atoms with Gasteiger partial charge in [0, 0.05) is 12.6 Å². The summed E-state index contributed by atoms with van der Waals surface area (Å²) in [7, 11) is 3.09. The number of benzene rings is 2. The Balaban J connectivity index is 1.68. The van der Waals surface area contributed by atoms with E-state index in [0.29, 0.717) is 22.2 Å². The molecule has 3 aromatic rings. The predicted molar refractivity (Wildman–Crippen MR) is 134 cm³/mol. The number of nitrogens with zero attached hydrogens (tertiary/aromatic N) is 3. The molecule has 0 aliphatic heterocycles. The number of amides is 2. The lowest BCUT2D eigenvalue weighted by Gasteiger charge is -2.21. The van der Waals surface area contributed by atoms with E-state index < -0.39 is 5.97 Å². The first-order valence-corrected chi connectivity index (χ1v) is 12.1. The molecule has 10 heteroatoms. The van der Waals surface area contributed by atoms with Crippen molar-refractivity contribution in [3.63, 3.8) is 0 Å². The normalized spacial score (nSPS) is 11.7. The number of esters is 1. The topological polar surface area (TPSA) is 115 Å². The lowest BCUT2D eigenvalue weighted by molar-refractivity contribution is -0.113. The van der Waals surface area contributed by atoms with E-state index in [1.165, 1.54) is 18.9 Å². The number of hydrogen-bond donors (Lipinski definition) is 2. The van der Waals surface area contributed by atoms with Crippen molar-refractivity contribution in [2.75, 3.05) is 18.2 Å². The van der Waals surface area contributed by atoms with Crippen LogP contribution in [0.1, 0.15) is 52.0 Å². The van der Waals surface area contributed by atoms with E-state index in [2.05, 4.69) is 20.8 Å². The van der Waals surface area contributed by atoms with Gasteiger partial charge in [-0.1, -0.05) is 55.4 Å². The fourth-order valence-corrected chi connectivity index (χ4v) is 4.18. The molecule has 2 amide bonds. The molecule has 1 atom stereocenters. The van der Waals surface area contributed by atoms with Crippen LogP contribution in [0.2, 0.25) is 0 Å². The van der Waals surface area contributed by atoms with Crippen LogP contribution in [0.15, 0.2) is 53.7 Å². The van der Waals surface area contributed by atoms with Crippen LogP contribution < -0.4 is 10.6 Å². The van der Waals surface area contributed by atoms with Gasteiger partial charge in [-0.3, -0.25) is 9.59 Å². The first-order chi connectivity index (χ1) is 16.7. The zero-order valence-corrected chi connectivity index (χ0v) is 21.2. The average Bonchev–Trinajstić information content (AvgIpc) is 3.20. The highest BCUT2D eigenvalue weighted by Gasteiger charge is 2.25. The highest BCUT2D eigenvalue weighted by molar-refractivity contribution is 7.99. The molecule has 0 saturated heterocycles. The standard InChI is InChI=1S/C25H29N5O4S/c1-15(2)21(27-23(32)17-10-8-9-16(3)13-17)22-28-29-25(30(22)4)35-14-20(31)26-19-12-7-6-11-18(19)24(33)34-5/h6-13,15,21H,14H2,1-5H3,(H,26,31)(H,27,32)/t21-/m1/s1. The molecule has 2 aromatic carbocycles. The lowest BCUT2D eigenvalue weighted by Crippen LogP contribution is -2.33. The van der Waals surface area contributed by atoms with Crippen molar-refractivity contribution >= 4 is 35.2 Å². The van der Waals surface area contributed by atoms with E-state index in [9.17, 15) is 14.4 Å². The minimum Gasteiger partial charge on any atom is -0.465 e. The summed E-state index contributed by atoms with van der Waals surface area (Å²) in [5.41, 5.74) is 2.24. The number of aromatic nitrogens is 3. The number of anilines is 1. The van der Waals surface area contributed by atoms with Crippen LogP contribution in [-0.2, 0) is 16.6 Å². The van der Waals surface area contributed by atoms with Crippen molar-refractivity contribution in [1.29, 1.82) is 0 Å². The third kappa shape index (κ3) is 6.48. The Hall–Kier alpha value is -3.66. The van der Waals surface area contributed by atoms with E-state index in [1.54, 1.807) is 41.9 Å². The summed E-state index contributed by atoms with van der Waals surface area (Å²) in [5.74, 6) is -0.303. The van der Waals surface area contributed by atoms with E-state index >= 15 is 0 Å². The molecule has 0 aliphatic rings. The van der Waals surface area contributed by atoms with Crippen LogP contribution in [0.3, 0.4) is 0 Å². The van der Waals surface area contributed by atoms with Gasteiger partial charge in [-0.15, -0.1) is 10.2 Å². The van der Waals surface area contributed by atoms with E-state index in [1.807, 2.05) is 39.0 Å². The molecule has 0 saturated carbocycles. The van der Waals surface area contributed by atoms with Gasteiger partial charge in [0.25, 0.3) is 5.91 Å². The number of aryl methyl sites for hydroxylation is 1. The van der Waals surface area contributed by atoms with Gasteiger partial charge in [0.2, 0.25) is 5.91 Å². The largest absolute Gasteiger partial charge is 0.465 e. The second-order valence-corrected chi connectivity index (χ2v) is 9.28. The number of thioether (sulfide) groups is 1. The van der Waals surface area contributed by atoms with Crippen molar-refractivity contribution in [2.45, 2.75) is 32.0 Å². The molecule has 0 aliphatic carbocycles. The van der Waals surface area contributed by atoms with Gasteiger partial charge in [-0.05, 0) is 37.1 Å². The van der Waals surface area contributed by atoms with Gasteiger partial charge in [0.15, 0.2) is 11.0 Å². The molecule has 0 fully saturated rings. The molecule has 184 valence electrons. The van der Waals surface area contributed by atoms with Gasteiger partial charge >= 0.3 is 5.97 Å². The van der Waals surface area contributed by atoms with Crippen LogP contribution in [-0.4, -0.2) is 45.4 Å². The minimum atomic E-state index is -0.529. The van der Waals surface area contributed by atoms with Gasteiger partial charge in [-0.2, -0.15) is 0 Å². The summed E-state index contributed by atoms with van der Waals surface area (Å²) >= 11 is 1.21. The summed E-state index contributed by atoms with van der Waals surface area (Å²) in [4.78, 5) is 37.3. The fourth-order valence-electron chi connectivity index (χ4n) is 3.46. The van der Waals surface area contributed by atoms with Crippen molar-refractivity contribution < 1.29 is 19.1 Å². The Morgan fingerprint density at radius 3 is 2.51 bits per heavy atom. The van der Waals surface area contributed by atoms with Gasteiger partial charge in [0.1, 0.15) is 0 Å². The van der Waals surface area contributed by atoms with Crippen LogP contribution in [0, 0.1) is 12.8 Å². The number of para-hydroxylation sites is 1. The first kappa shape index (κ1) is 26.0. The quantitative estimate of drug-likeness (QED) is 0.343. The Bertz CT molecular complexity index is 1220. The maximum Gasteiger partial charge on any atom is 0.339 e. The Morgan fingerprint density at radius 2 is 1.83 bits per heavy atom. The Kier molecular flexibility index (Phi) is 8.64. The number of carbonyl (C=O) groups is 3. The van der Waals surface area contributed by atoms with Crippen LogP contribution in [0.5, 0.6) is 0 Å². The average molecular weight is 496 g/mol. The van der Waals surface area contributed by atoms with Crippen molar-refractivity contribution in [1.82, 2.24) is 20.1 Å². The second kappa shape index (κ2) is 11.7. The number of nitrogens with one attached hydrogen (secondary N) is 2. The lowest BCUT2D eigenvalue weighted by atomic mass is 10.0. The van der Waals surface area contributed by atoms with Crippen molar-refractivity contribution in [3.8, 4) is 0 Å². The number of methoxy groups -OCH3 is 1. The van der Waals surface area contributed by atoms with Crippen molar-refractivity contribution in [3.05, 3.63) is 71.0 Å². The molecule has 35 heavy (non-hydrogen) atoms. The number of ether oxygens (including phenoxy) is 1. The van der Waals surface area contributed by atoms with Gasteiger partial charge in [-0.25, -0.2) is 4.79 Å². The molecule has 0 radical (unpaired) electrons. The minimum absolute atomic E-state index is 0.0580. The summed E-state index contributed by atoms with van der Waals surface area (Å²) in [5, 5.41) is 14.8. The van der Waals surface area contributed by atoms with Gasteiger partial charge in [0.05, 0.1) is 30.2 Å². The number of hydrogen-bond acceptors (Lipinski definition) is 7. The SMILES string of the molecule is COC(=O)c1ccccc1NC(=O)CSc1nnc([C@H](NC(=O)c2cccc(C)c2)C(C)C)n1C. The molecule has 3 rings (SSSR count). The van der Waals surface area contributed by atoms with Gasteiger partial charge < -0.3 is 19.9 Å². The highest BCUT2D eigenvalue weighted by Crippen LogP contribution is 2.25. The number of carbonyl (C=O) groups excluding carboxylic acids is 3. The highest BCUT2D eigenvalue weighted by atomic mass is 32.2. The first-order valence-electron chi connectivity index (χ1n) is 11.1. The Labute approximate surface area is 208 Å². The third-order valence-corrected chi connectivity index (χ3v) is 6.34. The molecule has 2 N–H and O–H groups in total. The van der Waals surface area contributed by atoms with E-state index in [-0.39, 0.29) is 35.1 Å². The molecular formula is C25H29N5O4S. The molecule has 0 unspecified atom stereocenters.